The third-order valence-electron chi connectivity index (χ3n) is 2.60. The van der Waals surface area contributed by atoms with Gasteiger partial charge >= 0.3 is 0 Å². The van der Waals surface area contributed by atoms with Crippen molar-refractivity contribution in [1.82, 2.24) is 15.0 Å². The maximum atomic E-state index is 6.10. The maximum absolute atomic E-state index is 6.10. The monoisotopic (exact) mass is 262 g/mol. The third kappa shape index (κ3) is 2.96. The number of anilines is 1. The minimum absolute atomic E-state index is 0.273. The Morgan fingerprint density at radius 2 is 2.17 bits per heavy atom. The average molecular weight is 263 g/mol. The number of pyridine rings is 1. The summed E-state index contributed by atoms with van der Waals surface area (Å²) in [5, 5.41) is 3.78. The molecule has 0 unspecified atom stereocenters. The van der Waals surface area contributed by atoms with Crippen molar-refractivity contribution in [3.05, 3.63) is 47.1 Å². The molecule has 0 aliphatic heterocycles. The van der Waals surface area contributed by atoms with E-state index in [-0.39, 0.29) is 5.92 Å². The van der Waals surface area contributed by atoms with Crippen molar-refractivity contribution in [3.8, 4) is 0 Å². The number of rotatable bonds is 4. The molecule has 94 valence electrons. The molecule has 4 nitrogen and oxygen atoms in total. The third-order valence-corrected chi connectivity index (χ3v) is 2.90. The summed E-state index contributed by atoms with van der Waals surface area (Å²) in [5.74, 6) is 1.06. The van der Waals surface area contributed by atoms with Gasteiger partial charge in [0, 0.05) is 24.5 Å². The van der Waals surface area contributed by atoms with Gasteiger partial charge in [-0.2, -0.15) is 0 Å². The summed E-state index contributed by atoms with van der Waals surface area (Å²) in [6.07, 6.45) is 5.05. The van der Waals surface area contributed by atoms with E-state index < -0.39 is 0 Å². The van der Waals surface area contributed by atoms with Crippen molar-refractivity contribution in [3.63, 3.8) is 0 Å². The van der Waals surface area contributed by atoms with Gasteiger partial charge in [0.05, 0.1) is 0 Å². The van der Waals surface area contributed by atoms with Gasteiger partial charge in [0.25, 0.3) is 0 Å². The van der Waals surface area contributed by atoms with E-state index in [1.807, 2.05) is 18.3 Å². The normalized spacial score (nSPS) is 10.7. The molecule has 0 fully saturated rings. The molecule has 1 N–H and O–H groups in total. The molecule has 0 spiro atoms. The smallest absolute Gasteiger partial charge is 0.138 e. The van der Waals surface area contributed by atoms with Crippen LogP contribution >= 0.6 is 11.6 Å². The van der Waals surface area contributed by atoms with Crippen LogP contribution in [0, 0.1) is 0 Å². The first-order valence-electron chi connectivity index (χ1n) is 5.81. The zero-order valence-electron chi connectivity index (χ0n) is 10.4. The molecule has 0 atom stereocenters. The van der Waals surface area contributed by atoms with E-state index in [0.29, 0.717) is 11.7 Å². The molecular weight excluding hydrogens is 248 g/mol. The SMILES string of the molecule is CC(C)c1c(Cl)ncnc1NCc1cccnc1. The van der Waals surface area contributed by atoms with Crippen LogP contribution in [0.1, 0.15) is 30.9 Å². The summed E-state index contributed by atoms with van der Waals surface area (Å²) in [6.45, 7) is 4.81. The van der Waals surface area contributed by atoms with Gasteiger partial charge in [-0.25, -0.2) is 9.97 Å². The van der Waals surface area contributed by atoms with Crippen molar-refractivity contribution < 1.29 is 0 Å². The van der Waals surface area contributed by atoms with Crippen molar-refractivity contribution in [1.29, 1.82) is 0 Å². The second kappa shape index (κ2) is 5.78. The van der Waals surface area contributed by atoms with Crippen LogP contribution in [0.2, 0.25) is 5.15 Å². The van der Waals surface area contributed by atoms with Crippen LogP contribution in [0.3, 0.4) is 0 Å². The highest BCUT2D eigenvalue weighted by atomic mass is 35.5. The summed E-state index contributed by atoms with van der Waals surface area (Å²) in [7, 11) is 0. The lowest BCUT2D eigenvalue weighted by Gasteiger charge is -2.14. The lowest BCUT2D eigenvalue weighted by atomic mass is 10.1. The van der Waals surface area contributed by atoms with Gasteiger partial charge < -0.3 is 5.32 Å². The first kappa shape index (κ1) is 12.8. The highest BCUT2D eigenvalue weighted by Crippen LogP contribution is 2.28. The summed E-state index contributed by atoms with van der Waals surface area (Å²) in [6, 6.07) is 3.92. The highest BCUT2D eigenvalue weighted by Gasteiger charge is 2.13. The Kier molecular flexibility index (Phi) is 4.10. The molecule has 0 radical (unpaired) electrons. The fourth-order valence-electron chi connectivity index (χ4n) is 1.72. The van der Waals surface area contributed by atoms with E-state index in [1.54, 1.807) is 6.20 Å². The van der Waals surface area contributed by atoms with Crippen LogP contribution < -0.4 is 5.32 Å². The van der Waals surface area contributed by atoms with Gasteiger partial charge in [-0.05, 0) is 17.5 Å². The summed E-state index contributed by atoms with van der Waals surface area (Å²) < 4.78 is 0. The van der Waals surface area contributed by atoms with Crippen LogP contribution in [0.15, 0.2) is 30.9 Å². The second-order valence-corrected chi connectivity index (χ2v) is 4.65. The Morgan fingerprint density at radius 3 is 2.83 bits per heavy atom. The zero-order valence-corrected chi connectivity index (χ0v) is 11.1. The Morgan fingerprint density at radius 1 is 1.33 bits per heavy atom. The number of nitrogens with one attached hydrogen (secondary N) is 1. The molecule has 18 heavy (non-hydrogen) atoms. The standard InChI is InChI=1S/C13H15ClN4/c1-9(2)11-12(14)17-8-18-13(11)16-7-10-4-3-5-15-6-10/h3-6,8-9H,7H2,1-2H3,(H,16,17,18). The summed E-state index contributed by atoms with van der Waals surface area (Å²) in [4.78, 5) is 12.3. The molecule has 0 aliphatic rings. The molecule has 2 aromatic rings. The molecule has 0 saturated carbocycles. The number of halogens is 1. The quantitative estimate of drug-likeness (QED) is 0.860. The lowest BCUT2D eigenvalue weighted by Crippen LogP contribution is -2.07. The summed E-state index contributed by atoms with van der Waals surface area (Å²) >= 11 is 6.10. The van der Waals surface area contributed by atoms with Crippen molar-refractivity contribution >= 4 is 17.4 Å². The van der Waals surface area contributed by atoms with Crippen molar-refractivity contribution in [2.45, 2.75) is 26.3 Å². The predicted octanol–water partition coefficient (Wildman–Crippen LogP) is 3.26. The Bertz CT molecular complexity index is 514. The van der Waals surface area contributed by atoms with Gasteiger partial charge in [0.2, 0.25) is 0 Å². The summed E-state index contributed by atoms with van der Waals surface area (Å²) in [5.41, 5.74) is 2.05. The van der Waals surface area contributed by atoms with E-state index in [9.17, 15) is 0 Å². The zero-order chi connectivity index (χ0) is 13.0. The molecule has 0 aromatic carbocycles. The minimum Gasteiger partial charge on any atom is -0.366 e. The average Bonchev–Trinajstić information content (AvgIpc) is 2.37. The molecule has 2 aromatic heterocycles. The topological polar surface area (TPSA) is 50.7 Å². The molecule has 0 saturated heterocycles. The van der Waals surface area contributed by atoms with Gasteiger partial charge in [-0.15, -0.1) is 0 Å². The Labute approximate surface area is 111 Å². The van der Waals surface area contributed by atoms with Crippen LogP contribution in [-0.2, 0) is 6.54 Å². The lowest BCUT2D eigenvalue weighted by molar-refractivity contribution is 0.844. The molecular formula is C13H15ClN4. The predicted molar refractivity (Wildman–Crippen MR) is 72.7 cm³/mol. The van der Waals surface area contributed by atoms with Gasteiger partial charge in [-0.1, -0.05) is 31.5 Å². The van der Waals surface area contributed by atoms with Crippen molar-refractivity contribution in [2.75, 3.05) is 5.32 Å². The van der Waals surface area contributed by atoms with Gasteiger partial charge in [-0.3, -0.25) is 4.98 Å². The number of hydrogen-bond acceptors (Lipinski definition) is 4. The van der Waals surface area contributed by atoms with E-state index >= 15 is 0 Å². The molecule has 5 heteroatoms. The first-order chi connectivity index (χ1) is 8.68. The highest BCUT2D eigenvalue weighted by molar-refractivity contribution is 6.30. The fourth-order valence-corrected chi connectivity index (χ4v) is 2.07. The van der Waals surface area contributed by atoms with Crippen LogP contribution in [0.5, 0.6) is 0 Å². The fraction of sp³-hybridized carbons (Fsp3) is 0.308. The van der Waals surface area contributed by atoms with Gasteiger partial charge in [0.15, 0.2) is 0 Å². The molecule has 0 amide bonds. The van der Waals surface area contributed by atoms with E-state index in [2.05, 4.69) is 34.1 Å². The number of hydrogen-bond donors (Lipinski definition) is 1. The van der Waals surface area contributed by atoms with Crippen LogP contribution in [0.4, 0.5) is 5.82 Å². The molecule has 0 bridgehead atoms. The number of aromatic nitrogens is 3. The van der Waals surface area contributed by atoms with E-state index in [4.69, 9.17) is 11.6 Å². The van der Waals surface area contributed by atoms with Crippen LogP contribution in [-0.4, -0.2) is 15.0 Å². The maximum Gasteiger partial charge on any atom is 0.138 e. The first-order valence-corrected chi connectivity index (χ1v) is 6.19. The van der Waals surface area contributed by atoms with Crippen molar-refractivity contribution in [2.24, 2.45) is 0 Å². The molecule has 2 rings (SSSR count). The Balaban J connectivity index is 2.17. The molecule has 2 heterocycles. The number of nitrogens with zero attached hydrogens (tertiary/aromatic N) is 3. The Hall–Kier alpha value is -1.68. The van der Waals surface area contributed by atoms with Gasteiger partial charge in [0.1, 0.15) is 17.3 Å². The van der Waals surface area contributed by atoms with Crippen LogP contribution in [0.25, 0.3) is 0 Å². The molecule has 0 aliphatic carbocycles. The van der Waals surface area contributed by atoms with E-state index in [0.717, 1.165) is 16.9 Å². The largest absolute Gasteiger partial charge is 0.366 e. The minimum atomic E-state index is 0.273. The van der Waals surface area contributed by atoms with E-state index in [1.165, 1.54) is 6.33 Å². The second-order valence-electron chi connectivity index (χ2n) is 4.30.